The van der Waals surface area contributed by atoms with Crippen molar-refractivity contribution in [1.29, 1.82) is 0 Å². The number of nitrogens with one attached hydrogen (secondary N) is 1. The fourth-order valence-electron chi connectivity index (χ4n) is 5.24. The number of carbonyl (C=O) groups is 2. The minimum absolute atomic E-state index is 0.00593. The predicted octanol–water partition coefficient (Wildman–Crippen LogP) is 8.90. The van der Waals surface area contributed by atoms with Crippen molar-refractivity contribution in [3.8, 4) is 0 Å². The van der Waals surface area contributed by atoms with Gasteiger partial charge in [-0.15, -0.1) is 0 Å². The molecule has 53 heavy (non-hydrogen) atoms. The Morgan fingerprint density at radius 1 is 0.717 bits per heavy atom. The molecule has 1 unspecified atom stereocenters. The van der Waals surface area contributed by atoms with Crippen molar-refractivity contribution in [2.45, 2.75) is 181 Å². The Labute approximate surface area is 329 Å². The van der Waals surface area contributed by atoms with Gasteiger partial charge in [0.1, 0.15) is 0 Å². The lowest BCUT2D eigenvalue weighted by Crippen LogP contribution is -2.41. The lowest BCUT2D eigenvalue weighted by atomic mass is 9.72. The quantitative estimate of drug-likeness (QED) is 0.182. The average Bonchev–Trinajstić information content (AvgIpc) is 2.98. The van der Waals surface area contributed by atoms with E-state index in [-0.39, 0.29) is 41.5 Å². The van der Waals surface area contributed by atoms with Gasteiger partial charge in [-0.25, -0.2) is 0 Å². The molecule has 2 rings (SSSR count). The van der Waals surface area contributed by atoms with Crippen LogP contribution in [0.15, 0.2) is 0 Å². The molecule has 2 fully saturated rings. The molecule has 0 radical (unpaired) electrons. The van der Waals surface area contributed by atoms with Gasteiger partial charge in [-0.2, -0.15) is 0 Å². The van der Waals surface area contributed by atoms with Gasteiger partial charge < -0.3 is 35.0 Å². The van der Waals surface area contributed by atoms with E-state index < -0.39 is 0 Å². The molecule has 1 atom stereocenters. The van der Waals surface area contributed by atoms with Crippen LogP contribution in [0.4, 0.5) is 0 Å². The second-order valence-corrected chi connectivity index (χ2v) is 21.0. The summed E-state index contributed by atoms with van der Waals surface area (Å²) in [6.45, 7) is 38.3. The number of methoxy groups -OCH3 is 1. The third-order valence-electron chi connectivity index (χ3n) is 9.52. The smallest absolute Gasteiger partial charge is 0.223 e. The number of likely N-dealkylation sites (tertiary alicyclic amines) is 1. The summed E-state index contributed by atoms with van der Waals surface area (Å²) in [5.74, 6) is 1.81. The van der Waals surface area contributed by atoms with E-state index in [2.05, 4.69) is 95.3 Å². The van der Waals surface area contributed by atoms with Crippen LogP contribution in [0, 0.1) is 38.9 Å². The molecule has 1 saturated heterocycles. The first kappa shape index (κ1) is 56.1. The topological polar surface area (TPSA) is 129 Å². The monoisotopic (exact) mass is 761 g/mol. The largest absolute Gasteiger partial charge is 0.394 e. The van der Waals surface area contributed by atoms with Crippen molar-refractivity contribution in [2.75, 3.05) is 53.7 Å². The second kappa shape index (κ2) is 27.4. The zero-order valence-corrected chi connectivity index (χ0v) is 38.3. The van der Waals surface area contributed by atoms with Crippen molar-refractivity contribution in [1.82, 2.24) is 10.2 Å². The number of aliphatic hydroxyl groups is 3. The number of aliphatic hydroxyl groups excluding tert-OH is 3. The first-order valence-corrected chi connectivity index (χ1v) is 20.4. The molecular weight excluding hydrogens is 668 g/mol. The molecule has 0 spiro atoms. The maximum Gasteiger partial charge on any atom is 0.223 e. The van der Waals surface area contributed by atoms with Gasteiger partial charge >= 0.3 is 0 Å². The van der Waals surface area contributed by atoms with Crippen LogP contribution in [0.25, 0.3) is 0 Å². The molecule has 0 aromatic heterocycles. The summed E-state index contributed by atoms with van der Waals surface area (Å²) < 4.78 is 10.1. The number of carbonyl (C=O) groups excluding carboxylic acids is 2. The molecule has 9 heteroatoms. The van der Waals surface area contributed by atoms with Gasteiger partial charge in [-0.05, 0) is 83.9 Å². The van der Waals surface area contributed by atoms with Gasteiger partial charge in [0.05, 0.1) is 25.4 Å². The third-order valence-corrected chi connectivity index (χ3v) is 9.52. The minimum Gasteiger partial charge on any atom is -0.394 e. The number of hydrogen-bond acceptors (Lipinski definition) is 7. The van der Waals surface area contributed by atoms with Crippen LogP contribution in [0.2, 0.25) is 0 Å². The number of piperidine rings is 1. The van der Waals surface area contributed by atoms with Crippen molar-refractivity contribution in [3.05, 3.63) is 0 Å². The summed E-state index contributed by atoms with van der Waals surface area (Å²) in [4.78, 5) is 24.4. The van der Waals surface area contributed by atoms with E-state index >= 15 is 0 Å². The number of amides is 2. The summed E-state index contributed by atoms with van der Waals surface area (Å²) in [6, 6.07) is 0. The van der Waals surface area contributed by atoms with Crippen molar-refractivity contribution >= 4 is 11.8 Å². The zero-order chi connectivity index (χ0) is 42.3. The Morgan fingerprint density at radius 3 is 1.47 bits per heavy atom. The van der Waals surface area contributed by atoms with E-state index in [0.29, 0.717) is 41.6 Å². The van der Waals surface area contributed by atoms with Gasteiger partial charge in [0.25, 0.3) is 0 Å². The SMILES string of the molecule is CC(C)(C)C1CCC(O)CC1.CC(C)(C)CC(=O)N1CCC(O)CC1.CC(C)(C)CCOCCO.CNC(=O)CC(C)(C)C.COCC(C)C(C)(C)C. The molecule has 9 nitrogen and oxygen atoms in total. The molecule has 0 aromatic rings. The van der Waals surface area contributed by atoms with Gasteiger partial charge in [0.15, 0.2) is 0 Å². The van der Waals surface area contributed by atoms with Gasteiger partial charge in [-0.1, -0.05) is 111 Å². The van der Waals surface area contributed by atoms with Crippen LogP contribution in [0.5, 0.6) is 0 Å². The highest BCUT2D eigenvalue weighted by molar-refractivity contribution is 5.77. The summed E-state index contributed by atoms with van der Waals surface area (Å²) in [5, 5.41) is 29.5. The van der Waals surface area contributed by atoms with Crippen molar-refractivity contribution in [3.63, 3.8) is 0 Å². The molecule has 4 N–H and O–H groups in total. The highest BCUT2D eigenvalue weighted by Gasteiger charge is 2.29. The lowest BCUT2D eigenvalue weighted by Gasteiger charge is -2.35. The first-order chi connectivity index (χ1) is 23.9. The molecule has 2 aliphatic rings. The number of hydrogen-bond donors (Lipinski definition) is 4. The number of rotatable bonds is 8. The van der Waals surface area contributed by atoms with E-state index in [1.807, 2.05) is 25.7 Å². The molecule has 1 heterocycles. The maximum absolute atomic E-state index is 11.8. The fraction of sp³-hybridized carbons (Fsp3) is 0.955. The Bertz CT molecular complexity index is 904. The highest BCUT2D eigenvalue weighted by atomic mass is 16.5. The van der Waals surface area contributed by atoms with Gasteiger partial charge in [0.2, 0.25) is 11.8 Å². The minimum atomic E-state index is -0.200. The first-order valence-electron chi connectivity index (χ1n) is 20.4. The van der Waals surface area contributed by atoms with Crippen LogP contribution < -0.4 is 5.32 Å². The summed E-state index contributed by atoms with van der Waals surface area (Å²) in [5.41, 5.74) is 1.35. The second-order valence-electron chi connectivity index (χ2n) is 21.0. The molecule has 1 aliphatic heterocycles. The summed E-state index contributed by atoms with van der Waals surface area (Å²) in [6.07, 6.45) is 7.96. The predicted molar refractivity (Wildman–Crippen MR) is 224 cm³/mol. The van der Waals surface area contributed by atoms with Crippen molar-refractivity contribution < 1.29 is 34.4 Å². The Morgan fingerprint density at radius 2 is 1.17 bits per heavy atom. The van der Waals surface area contributed by atoms with Crippen LogP contribution in [-0.2, 0) is 19.1 Å². The lowest BCUT2D eigenvalue weighted by molar-refractivity contribution is -0.135. The fourth-order valence-corrected chi connectivity index (χ4v) is 5.24. The van der Waals surface area contributed by atoms with Crippen LogP contribution in [0.1, 0.15) is 169 Å². The Hall–Kier alpha value is -1.26. The molecular formula is C44H92N2O7. The van der Waals surface area contributed by atoms with Crippen molar-refractivity contribution in [2.24, 2.45) is 38.9 Å². The highest BCUT2D eigenvalue weighted by Crippen LogP contribution is 2.37. The Balaban J connectivity index is -0.000000597. The van der Waals surface area contributed by atoms with E-state index in [1.54, 1.807) is 14.2 Å². The van der Waals surface area contributed by atoms with E-state index in [4.69, 9.17) is 14.6 Å². The van der Waals surface area contributed by atoms with Gasteiger partial charge in [0, 0.05) is 53.3 Å². The van der Waals surface area contributed by atoms with E-state index in [0.717, 1.165) is 64.3 Å². The van der Waals surface area contributed by atoms with Crippen LogP contribution in [-0.4, -0.2) is 97.9 Å². The average molecular weight is 761 g/mol. The van der Waals surface area contributed by atoms with Gasteiger partial charge in [-0.3, -0.25) is 9.59 Å². The molecule has 0 aromatic carbocycles. The normalized spacial score (nSPS) is 19.1. The van der Waals surface area contributed by atoms with Crippen LogP contribution in [0.3, 0.4) is 0 Å². The zero-order valence-electron chi connectivity index (χ0n) is 38.3. The maximum atomic E-state index is 11.8. The Kier molecular flexibility index (Phi) is 28.9. The standard InChI is InChI=1S/C11H21NO2.C10H20O.C8H18O2.C8H18O.C7H15NO/c1-11(2,3)8-10(14)12-6-4-9(13)5-7-12;1-10(2,3)8-4-6-9(11)7-5-8;1-8(2,3)4-6-10-7-5-9;1-7(6-9-5)8(2,3)4;1-7(2,3)5-6(9)8-4/h9,13H,4-8H2,1-3H3;8-9,11H,4-7H2,1-3H3;9H,4-7H2,1-3H3;7H,6H2,1-5H3;5H2,1-4H3,(H,8,9). The molecule has 0 bridgehead atoms. The summed E-state index contributed by atoms with van der Waals surface area (Å²) >= 11 is 0. The van der Waals surface area contributed by atoms with E-state index in [9.17, 15) is 19.8 Å². The number of ether oxygens (including phenoxy) is 2. The molecule has 1 aliphatic carbocycles. The van der Waals surface area contributed by atoms with Crippen LogP contribution >= 0.6 is 0 Å². The summed E-state index contributed by atoms with van der Waals surface area (Å²) in [7, 11) is 3.41. The third kappa shape index (κ3) is 37.4. The molecule has 1 saturated carbocycles. The van der Waals surface area contributed by atoms with E-state index in [1.165, 1.54) is 12.8 Å². The molecule has 320 valence electrons. The number of nitrogens with zero attached hydrogens (tertiary/aromatic N) is 1. The molecule has 2 amide bonds.